The highest BCUT2D eigenvalue weighted by atomic mass is 35.5. The predicted octanol–water partition coefficient (Wildman–Crippen LogP) is 4.08. The molecular weight excluding hydrogens is 232 g/mol. The Labute approximate surface area is 106 Å². The maximum Gasteiger partial charge on any atom is 0.0967 e. The summed E-state index contributed by atoms with van der Waals surface area (Å²) in [6.45, 7) is 0. The fraction of sp³-hybridized carbons (Fsp3) is 0.357. The quantitative estimate of drug-likeness (QED) is 0.813. The molecule has 2 aromatic rings. The third-order valence-electron chi connectivity index (χ3n) is 3.59. The Kier molecular flexibility index (Phi) is 2.89. The molecule has 0 atom stereocenters. The van der Waals surface area contributed by atoms with Crippen LogP contribution in [0.5, 0.6) is 0 Å². The molecule has 3 rings (SSSR count). The van der Waals surface area contributed by atoms with E-state index in [1.807, 2.05) is 18.2 Å². The molecule has 2 nitrogen and oxygen atoms in total. The van der Waals surface area contributed by atoms with Gasteiger partial charge in [-0.2, -0.15) is 5.10 Å². The number of H-pyrrole nitrogens is 1. The molecule has 17 heavy (non-hydrogen) atoms. The number of benzene rings is 1. The Morgan fingerprint density at radius 1 is 1.24 bits per heavy atom. The molecule has 0 bridgehead atoms. The van der Waals surface area contributed by atoms with Gasteiger partial charge in [-0.25, -0.2) is 0 Å². The van der Waals surface area contributed by atoms with Crippen LogP contribution in [0.15, 0.2) is 30.3 Å². The molecule has 0 aliphatic heterocycles. The van der Waals surface area contributed by atoms with Crippen molar-refractivity contribution in [2.45, 2.75) is 31.1 Å². The molecule has 1 N–H and O–H groups in total. The van der Waals surface area contributed by atoms with E-state index < -0.39 is 0 Å². The van der Waals surface area contributed by atoms with Crippen molar-refractivity contribution in [3.63, 3.8) is 0 Å². The summed E-state index contributed by atoms with van der Waals surface area (Å²) in [5.41, 5.74) is 4.60. The van der Waals surface area contributed by atoms with E-state index in [0.29, 0.717) is 11.8 Å². The molecule has 88 valence electrons. The normalized spacial score (nSPS) is 15.8. The lowest BCUT2D eigenvalue weighted by molar-refractivity contribution is 0.409. The van der Waals surface area contributed by atoms with E-state index in [1.165, 1.54) is 30.5 Å². The number of hydrogen-bond acceptors (Lipinski definition) is 1. The van der Waals surface area contributed by atoms with Gasteiger partial charge in [0.05, 0.1) is 11.6 Å². The molecule has 1 fully saturated rings. The maximum atomic E-state index is 6.09. The van der Waals surface area contributed by atoms with Crippen molar-refractivity contribution in [2.24, 2.45) is 0 Å². The zero-order valence-electron chi connectivity index (χ0n) is 9.62. The summed E-state index contributed by atoms with van der Waals surface area (Å²) < 4.78 is 0. The van der Waals surface area contributed by atoms with Crippen LogP contribution in [0.3, 0.4) is 0 Å². The molecule has 1 aliphatic rings. The van der Waals surface area contributed by atoms with Crippen LogP contribution in [0.2, 0.25) is 0 Å². The Bertz CT molecular complexity index is 500. The zero-order chi connectivity index (χ0) is 11.7. The van der Waals surface area contributed by atoms with Crippen molar-refractivity contribution in [3.8, 4) is 11.3 Å². The van der Waals surface area contributed by atoms with Gasteiger partial charge in [0, 0.05) is 22.7 Å². The Morgan fingerprint density at radius 3 is 2.59 bits per heavy atom. The van der Waals surface area contributed by atoms with E-state index in [9.17, 15) is 0 Å². The molecule has 0 unspecified atom stereocenters. The smallest absolute Gasteiger partial charge is 0.0967 e. The summed E-state index contributed by atoms with van der Waals surface area (Å²) >= 11 is 6.09. The second-order valence-electron chi connectivity index (χ2n) is 4.59. The summed E-state index contributed by atoms with van der Waals surface area (Å²) in [5.74, 6) is 1.18. The fourth-order valence-corrected chi connectivity index (χ4v) is 2.65. The SMILES string of the molecule is ClCc1c(-c2ccccc2)n[nH]c1C1CCC1. The van der Waals surface area contributed by atoms with E-state index in [2.05, 4.69) is 22.3 Å². The van der Waals surface area contributed by atoms with Crippen molar-refractivity contribution in [1.29, 1.82) is 0 Å². The van der Waals surface area contributed by atoms with Crippen molar-refractivity contribution in [2.75, 3.05) is 0 Å². The number of hydrogen-bond donors (Lipinski definition) is 1. The Hall–Kier alpha value is -1.28. The van der Waals surface area contributed by atoms with Gasteiger partial charge in [-0.15, -0.1) is 11.6 Å². The van der Waals surface area contributed by atoms with Crippen LogP contribution in [0.25, 0.3) is 11.3 Å². The second kappa shape index (κ2) is 4.53. The number of nitrogens with one attached hydrogen (secondary N) is 1. The molecular formula is C14H15ClN2. The lowest BCUT2D eigenvalue weighted by Gasteiger charge is -2.24. The molecule has 0 radical (unpaired) electrons. The first kappa shape index (κ1) is 10.8. The van der Waals surface area contributed by atoms with Gasteiger partial charge in [-0.3, -0.25) is 5.10 Å². The molecule has 1 aromatic carbocycles. The third-order valence-corrected chi connectivity index (χ3v) is 3.86. The van der Waals surface area contributed by atoms with Crippen LogP contribution in [0.4, 0.5) is 0 Å². The van der Waals surface area contributed by atoms with Gasteiger partial charge in [0.2, 0.25) is 0 Å². The van der Waals surface area contributed by atoms with E-state index in [1.54, 1.807) is 0 Å². The summed E-state index contributed by atoms with van der Waals surface area (Å²) in [7, 11) is 0. The Morgan fingerprint density at radius 2 is 2.00 bits per heavy atom. The van der Waals surface area contributed by atoms with Gasteiger partial charge in [0.15, 0.2) is 0 Å². The highest BCUT2D eigenvalue weighted by Gasteiger charge is 2.25. The third kappa shape index (κ3) is 1.87. The average Bonchev–Trinajstić information content (AvgIpc) is 2.71. The minimum Gasteiger partial charge on any atom is -0.281 e. The first-order valence-corrected chi connectivity index (χ1v) is 6.62. The summed E-state index contributed by atoms with van der Waals surface area (Å²) in [4.78, 5) is 0. The number of halogens is 1. The molecule has 1 heterocycles. The van der Waals surface area contributed by atoms with Crippen LogP contribution in [-0.2, 0) is 5.88 Å². The topological polar surface area (TPSA) is 28.7 Å². The van der Waals surface area contributed by atoms with Gasteiger partial charge in [0.1, 0.15) is 0 Å². The average molecular weight is 247 g/mol. The fourth-order valence-electron chi connectivity index (χ4n) is 2.38. The van der Waals surface area contributed by atoms with Crippen molar-refractivity contribution >= 4 is 11.6 Å². The van der Waals surface area contributed by atoms with Gasteiger partial charge < -0.3 is 0 Å². The minimum absolute atomic E-state index is 0.534. The minimum atomic E-state index is 0.534. The maximum absolute atomic E-state index is 6.09. The highest BCUT2D eigenvalue weighted by molar-refractivity contribution is 6.17. The van der Waals surface area contributed by atoms with E-state index in [4.69, 9.17) is 11.6 Å². The van der Waals surface area contributed by atoms with Gasteiger partial charge in [0.25, 0.3) is 0 Å². The molecule has 1 aromatic heterocycles. The number of aromatic nitrogens is 2. The Balaban J connectivity index is 2.02. The van der Waals surface area contributed by atoms with Gasteiger partial charge in [-0.05, 0) is 12.8 Å². The van der Waals surface area contributed by atoms with E-state index in [0.717, 1.165) is 11.3 Å². The summed E-state index contributed by atoms with van der Waals surface area (Å²) in [6, 6.07) is 10.2. The van der Waals surface area contributed by atoms with Crippen LogP contribution in [0.1, 0.15) is 36.4 Å². The lowest BCUT2D eigenvalue weighted by atomic mass is 9.81. The number of alkyl halides is 1. The number of aromatic amines is 1. The predicted molar refractivity (Wildman–Crippen MR) is 70.2 cm³/mol. The van der Waals surface area contributed by atoms with E-state index >= 15 is 0 Å². The van der Waals surface area contributed by atoms with Crippen molar-refractivity contribution < 1.29 is 0 Å². The van der Waals surface area contributed by atoms with Crippen molar-refractivity contribution in [1.82, 2.24) is 10.2 Å². The zero-order valence-corrected chi connectivity index (χ0v) is 10.4. The molecule has 0 spiro atoms. The number of nitrogens with zero attached hydrogens (tertiary/aromatic N) is 1. The van der Waals surface area contributed by atoms with Gasteiger partial charge in [-0.1, -0.05) is 36.8 Å². The number of rotatable bonds is 3. The molecule has 1 saturated carbocycles. The summed E-state index contributed by atoms with van der Waals surface area (Å²) in [5, 5.41) is 7.64. The van der Waals surface area contributed by atoms with Crippen LogP contribution < -0.4 is 0 Å². The molecule has 0 amide bonds. The van der Waals surface area contributed by atoms with Gasteiger partial charge >= 0.3 is 0 Å². The lowest BCUT2D eigenvalue weighted by Crippen LogP contribution is -2.10. The van der Waals surface area contributed by atoms with Crippen LogP contribution >= 0.6 is 11.6 Å². The van der Waals surface area contributed by atoms with Crippen LogP contribution in [0, 0.1) is 0 Å². The second-order valence-corrected chi connectivity index (χ2v) is 4.86. The molecule has 0 saturated heterocycles. The monoisotopic (exact) mass is 246 g/mol. The largest absolute Gasteiger partial charge is 0.281 e. The first-order chi connectivity index (χ1) is 8.40. The van der Waals surface area contributed by atoms with E-state index in [-0.39, 0.29) is 0 Å². The van der Waals surface area contributed by atoms with Crippen molar-refractivity contribution in [3.05, 3.63) is 41.6 Å². The highest BCUT2D eigenvalue weighted by Crippen LogP contribution is 2.39. The molecule has 3 heteroatoms. The van der Waals surface area contributed by atoms with Crippen LogP contribution in [-0.4, -0.2) is 10.2 Å². The first-order valence-electron chi connectivity index (χ1n) is 6.08. The standard InChI is InChI=1S/C14H15ClN2/c15-9-12-13(10-5-2-1-3-6-10)16-17-14(12)11-7-4-8-11/h1-3,5-6,11H,4,7-9H2,(H,16,17). The summed E-state index contributed by atoms with van der Waals surface area (Å²) in [6.07, 6.45) is 3.85. The molecule has 1 aliphatic carbocycles.